The van der Waals surface area contributed by atoms with Crippen molar-refractivity contribution in [1.29, 1.82) is 0 Å². The lowest BCUT2D eigenvalue weighted by atomic mass is 10.0. The van der Waals surface area contributed by atoms with Gasteiger partial charge in [-0.15, -0.1) is 0 Å². The van der Waals surface area contributed by atoms with Crippen molar-refractivity contribution in [1.82, 2.24) is 0 Å². The SMILES string of the molecule is COc1cc(OC)c(-c2ccc(C)cc2)cc1C. The van der Waals surface area contributed by atoms with Crippen molar-refractivity contribution in [3.05, 3.63) is 47.5 Å². The first kappa shape index (κ1) is 12.5. The highest BCUT2D eigenvalue weighted by atomic mass is 16.5. The Morgan fingerprint density at radius 3 is 1.94 bits per heavy atom. The van der Waals surface area contributed by atoms with Gasteiger partial charge >= 0.3 is 0 Å². The van der Waals surface area contributed by atoms with Gasteiger partial charge < -0.3 is 9.47 Å². The summed E-state index contributed by atoms with van der Waals surface area (Å²) in [6.07, 6.45) is 0. The van der Waals surface area contributed by atoms with Crippen LogP contribution in [0.2, 0.25) is 0 Å². The van der Waals surface area contributed by atoms with Gasteiger partial charge in [-0.05, 0) is 31.0 Å². The molecule has 0 aliphatic carbocycles. The zero-order chi connectivity index (χ0) is 13.1. The predicted octanol–water partition coefficient (Wildman–Crippen LogP) is 3.99. The molecule has 2 aromatic carbocycles. The van der Waals surface area contributed by atoms with E-state index in [4.69, 9.17) is 9.47 Å². The zero-order valence-corrected chi connectivity index (χ0v) is 11.3. The second kappa shape index (κ2) is 5.13. The van der Waals surface area contributed by atoms with E-state index in [0.717, 1.165) is 28.2 Å². The molecular weight excluding hydrogens is 224 g/mol. The normalized spacial score (nSPS) is 10.2. The summed E-state index contributed by atoms with van der Waals surface area (Å²) < 4.78 is 10.8. The van der Waals surface area contributed by atoms with Crippen LogP contribution in [0.1, 0.15) is 11.1 Å². The van der Waals surface area contributed by atoms with Crippen molar-refractivity contribution in [3.8, 4) is 22.6 Å². The van der Waals surface area contributed by atoms with Crippen molar-refractivity contribution >= 4 is 0 Å². The molecule has 0 radical (unpaired) electrons. The molecule has 0 spiro atoms. The molecule has 2 aromatic rings. The first-order valence-corrected chi connectivity index (χ1v) is 5.95. The standard InChI is InChI=1S/C16H18O2/c1-11-5-7-13(8-6-11)14-9-12(2)15(17-3)10-16(14)18-4/h5-10H,1-4H3. The number of rotatable bonds is 3. The van der Waals surface area contributed by atoms with Gasteiger partial charge in [0.1, 0.15) is 11.5 Å². The van der Waals surface area contributed by atoms with Crippen LogP contribution in [0.5, 0.6) is 11.5 Å². The molecule has 0 unspecified atom stereocenters. The van der Waals surface area contributed by atoms with Gasteiger partial charge in [0.15, 0.2) is 0 Å². The number of hydrogen-bond donors (Lipinski definition) is 0. The maximum atomic E-state index is 5.45. The average Bonchev–Trinajstić information content (AvgIpc) is 2.39. The van der Waals surface area contributed by atoms with E-state index in [1.54, 1.807) is 14.2 Å². The van der Waals surface area contributed by atoms with Crippen LogP contribution in [0, 0.1) is 13.8 Å². The number of benzene rings is 2. The fraction of sp³-hybridized carbons (Fsp3) is 0.250. The first-order valence-electron chi connectivity index (χ1n) is 5.95. The molecule has 0 atom stereocenters. The van der Waals surface area contributed by atoms with Gasteiger partial charge in [-0.3, -0.25) is 0 Å². The van der Waals surface area contributed by atoms with Crippen LogP contribution < -0.4 is 9.47 Å². The molecule has 0 bridgehead atoms. The third kappa shape index (κ3) is 2.33. The summed E-state index contributed by atoms with van der Waals surface area (Å²) in [6.45, 7) is 4.12. The molecular formula is C16H18O2. The summed E-state index contributed by atoms with van der Waals surface area (Å²) in [4.78, 5) is 0. The molecule has 0 amide bonds. The van der Waals surface area contributed by atoms with E-state index in [0.29, 0.717) is 0 Å². The Balaban J connectivity index is 2.56. The minimum Gasteiger partial charge on any atom is -0.496 e. The predicted molar refractivity (Wildman–Crippen MR) is 74.5 cm³/mol. The molecule has 0 aliphatic rings. The van der Waals surface area contributed by atoms with E-state index in [1.807, 2.05) is 13.0 Å². The van der Waals surface area contributed by atoms with Gasteiger partial charge in [0.2, 0.25) is 0 Å². The Hall–Kier alpha value is -1.96. The minimum absolute atomic E-state index is 0.835. The molecule has 0 fully saturated rings. The van der Waals surface area contributed by atoms with Crippen molar-refractivity contribution in [2.75, 3.05) is 14.2 Å². The smallest absolute Gasteiger partial charge is 0.130 e. The van der Waals surface area contributed by atoms with Gasteiger partial charge in [0.05, 0.1) is 14.2 Å². The van der Waals surface area contributed by atoms with Crippen LogP contribution in [-0.4, -0.2) is 14.2 Å². The fourth-order valence-electron chi connectivity index (χ4n) is 2.02. The van der Waals surface area contributed by atoms with Gasteiger partial charge in [-0.25, -0.2) is 0 Å². The van der Waals surface area contributed by atoms with E-state index >= 15 is 0 Å². The Morgan fingerprint density at radius 1 is 0.778 bits per heavy atom. The molecule has 0 aromatic heterocycles. The van der Waals surface area contributed by atoms with Gasteiger partial charge in [0, 0.05) is 11.6 Å². The summed E-state index contributed by atoms with van der Waals surface area (Å²) in [6, 6.07) is 12.5. The van der Waals surface area contributed by atoms with Gasteiger partial charge in [-0.2, -0.15) is 0 Å². The molecule has 2 heteroatoms. The van der Waals surface area contributed by atoms with Crippen LogP contribution in [-0.2, 0) is 0 Å². The minimum atomic E-state index is 0.835. The van der Waals surface area contributed by atoms with Crippen LogP contribution in [0.15, 0.2) is 36.4 Å². The summed E-state index contributed by atoms with van der Waals surface area (Å²) in [5.74, 6) is 1.68. The Bertz CT molecular complexity index is 542. The molecule has 2 nitrogen and oxygen atoms in total. The quantitative estimate of drug-likeness (QED) is 0.810. The monoisotopic (exact) mass is 242 g/mol. The maximum Gasteiger partial charge on any atom is 0.130 e. The van der Waals surface area contributed by atoms with Crippen molar-refractivity contribution in [2.45, 2.75) is 13.8 Å². The topological polar surface area (TPSA) is 18.5 Å². The molecule has 2 rings (SSSR count). The lowest BCUT2D eigenvalue weighted by Gasteiger charge is -2.13. The second-order valence-electron chi connectivity index (χ2n) is 4.39. The lowest BCUT2D eigenvalue weighted by Crippen LogP contribution is -1.93. The van der Waals surface area contributed by atoms with Gasteiger partial charge in [-0.1, -0.05) is 29.8 Å². The van der Waals surface area contributed by atoms with Crippen LogP contribution in [0.3, 0.4) is 0 Å². The number of aryl methyl sites for hydroxylation is 2. The highest BCUT2D eigenvalue weighted by molar-refractivity contribution is 5.73. The third-order valence-corrected chi connectivity index (χ3v) is 3.08. The summed E-state index contributed by atoms with van der Waals surface area (Å²) in [5, 5.41) is 0. The number of ether oxygens (including phenoxy) is 2. The summed E-state index contributed by atoms with van der Waals surface area (Å²) in [7, 11) is 3.36. The van der Waals surface area contributed by atoms with Crippen LogP contribution in [0.4, 0.5) is 0 Å². The summed E-state index contributed by atoms with van der Waals surface area (Å²) >= 11 is 0. The number of hydrogen-bond acceptors (Lipinski definition) is 2. The van der Waals surface area contributed by atoms with E-state index in [9.17, 15) is 0 Å². The van der Waals surface area contributed by atoms with Crippen molar-refractivity contribution in [3.63, 3.8) is 0 Å². The number of methoxy groups -OCH3 is 2. The van der Waals surface area contributed by atoms with Crippen LogP contribution in [0.25, 0.3) is 11.1 Å². The highest BCUT2D eigenvalue weighted by Gasteiger charge is 2.10. The molecule has 0 aliphatic heterocycles. The largest absolute Gasteiger partial charge is 0.496 e. The van der Waals surface area contributed by atoms with Crippen LogP contribution >= 0.6 is 0 Å². The average molecular weight is 242 g/mol. The molecule has 94 valence electrons. The zero-order valence-electron chi connectivity index (χ0n) is 11.3. The van der Waals surface area contributed by atoms with E-state index in [-0.39, 0.29) is 0 Å². The maximum absolute atomic E-state index is 5.45. The van der Waals surface area contributed by atoms with Crippen molar-refractivity contribution < 1.29 is 9.47 Å². The molecule has 18 heavy (non-hydrogen) atoms. The molecule has 0 heterocycles. The molecule has 0 saturated heterocycles. The highest BCUT2D eigenvalue weighted by Crippen LogP contribution is 2.35. The van der Waals surface area contributed by atoms with Crippen molar-refractivity contribution in [2.24, 2.45) is 0 Å². The Labute approximate surface area is 108 Å². The van der Waals surface area contributed by atoms with E-state index < -0.39 is 0 Å². The van der Waals surface area contributed by atoms with E-state index in [1.165, 1.54) is 5.56 Å². The van der Waals surface area contributed by atoms with E-state index in [2.05, 4.69) is 37.3 Å². The Kier molecular flexibility index (Phi) is 3.56. The summed E-state index contributed by atoms with van der Waals surface area (Å²) in [5.41, 5.74) is 4.61. The lowest BCUT2D eigenvalue weighted by molar-refractivity contribution is 0.393. The molecule has 0 saturated carbocycles. The Morgan fingerprint density at radius 2 is 1.39 bits per heavy atom. The molecule has 0 N–H and O–H groups in total. The van der Waals surface area contributed by atoms with Gasteiger partial charge in [0.25, 0.3) is 0 Å². The fourth-order valence-corrected chi connectivity index (χ4v) is 2.02. The first-order chi connectivity index (χ1) is 8.65. The third-order valence-electron chi connectivity index (χ3n) is 3.08. The second-order valence-corrected chi connectivity index (χ2v) is 4.39.